The zero-order valence-corrected chi connectivity index (χ0v) is 25.0. The number of carbonyl (C=O) groups excluding carboxylic acids is 2. The van der Waals surface area contributed by atoms with Crippen LogP contribution in [-0.2, 0) is 6.42 Å². The van der Waals surface area contributed by atoms with Gasteiger partial charge in [0.05, 0.1) is 24.3 Å². The fraction of sp³-hybridized carbons (Fsp3) is 0.297. The lowest BCUT2D eigenvalue weighted by atomic mass is 9.94. The maximum absolute atomic E-state index is 13.4. The highest BCUT2D eigenvalue weighted by Crippen LogP contribution is 2.36. The molecule has 0 atom stereocenters. The first-order valence-electron chi connectivity index (χ1n) is 15.1. The Kier molecular flexibility index (Phi) is 11.4. The largest absolute Gasteiger partial charge is 0.507 e. The normalized spacial score (nSPS) is 10.8. The van der Waals surface area contributed by atoms with Crippen molar-refractivity contribution < 1.29 is 29.3 Å². The summed E-state index contributed by atoms with van der Waals surface area (Å²) < 4.78 is 12.3. The van der Waals surface area contributed by atoms with E-state index in [0.717, 1.165) is 38.5 Å². The third-order valence-electron chi connectivity index (χ3n) is 7.31. The van der Waals surface area contributed by atoms with Gasteiger partial charge in [-0.15, -0.1) is 0 Å². The molecule has 0 aliphatic carbocycles. The predicted molar refractivity (Wildman–Crippen MR) is 169 cm³/mol. The van der Waals surface area contributed by atoms with Gasteiger partial charge in [0.2, 0.25) is 0 Å². The van der Waals surface area contributed by atoms with E-state index in [9.17, 15) is 19.8 Å². The molecule has 0 aliphatic heterocycles. The van der Waals surface area contributed by atoms with Gasteiger partial charge in [-0.2, -0.15) is 0 Å². The van der Waals surface area contributed by atoms with Gasteiger partial charge in [-0.1, -0.05) is 100 Å². The molecule has 4 aromatic carbocycles. The molecular weight excluding hydrogens is 540 g/mol. The number of unbranched alkanes of at least 4 members (excludes halogenated alkanes) is 4. The Morgan fingerprint density at radius 2 is 0.977 bits per heavy atom. The first kappa shape index (κ1) is 31.4. The number of hydrogen-bond donors (Lipinski definition) is 2. The van der Waals surface area contributed by atoms with Crippen molar-refractivity contribution in [3.05, 3.63) is 118 Å². The van der Waals surface area contributed by atoms with E-state index in [2.05, 4.69) is 13.8 Å². The van der Waals surface area contributed by atoms with Crippen molar-refractivity contribution in [3.63, 3.8) is 0 Å². The van der Waals surface area contributed by atoms with E-state index in [-0.39, 0.29) is 40.6 Å². The maximum atomic E-state index is 13.4. The van der Waals surface area contributed by atoms with Crippen LogP contribution in [0.4, 0.5) is 0 Å². The zero-order chi connectivity index (χ0) is 30.6. The molecule has 0 spiro atoms. The number of phenols is 2. The van der Waals surface area contributed by atoms with Crippen molar-refractivity contribution >= 4 is 11.6 Å². The van der Waals surface area contributed by atoms with E-state index in [0.29, 0.717) is 47.0 Å². The molecular formula is C37H40O6. The molecule has 0 fully saturated rings. The van der Waals surface area contributed by atoms with Crippen molar-refractivity contribution in [1.82, 2.24) is 0 Å². The second-order valence-corrected chi connectivity index (χ2v) is 10.6. The summed E-state index contributed by atoms with van der Waals surface area (Å²) in [6.07, 6.45) is 6.03. The van der Waals surface area contributed by atoms with Crippen LogP contribution >= 0.6 is 0 Å². The van der Waals surface area contributed by atoms with Crippen LogP contribution in [0.25, 0.3) is 0 Å². The molecule has 0 saturated heterocycles. The maximum Gasteiger partial charge on any atom is 0.196 e. The van der Waals surface area contributed by atoms with Crippen molar-refractivity contribution in [2.45, 2.75) is 58.8 Å². The second-order valence-electron chi connectivity index (χ2n) is 10.6. The van der Waals surface area contributed by atoms with Gasteiger partial charge in [-0.25, -0.2) is 0 Å². The number of ketones is 2. The number of carbonyl (C=O) groups is 2. The van der Waals surface area contributed by atoms with E-state index in [1.807, 2.05) is 12.1 Å². The Labute approximate surface area is 253 Å². The Bertz CT molecular complexity index is 1400. The van der Waals surface area contributed by atoms with Crippen LogP contribution in [0.15, 0.2) is 84.9 Å². The minimum absolute atomic E-state index is 0.159. The summed E-state index contributed by atoms with van der Waals surface area (Å²) >= 11 is 0. The predicted octanol–water partition coefficient (Wildman–Crippen LogP) is 8.29. The topological polar surface area (TPSA) is 93.1 Å². The SMILES string of the molecule is CCCCCOc1cc(O)c(C(=O)c2ccccc2)cc1Cc1cc(C(=O)c2ccccc2)c(O)cc1OCCCCC. The molecule has 0 amide bonds. The number of benzene rings is 4. The molecule has 0 heterocycles. The number of rotatable bonds is 16. The molecule has 0 bridgehead atoms. The molecule has 2 N–H and O–H groups in total. The van der Waals surface area contributed by atoms with Gasteiger partial charge in [0.15, 0.2) is 11.6 Å². The summed E-state index contributed by atoms with van der Waals surface area (Å²) in [7, 11) is 0. The quantitative estimate of drug-likeness (QED) is 0.102. The first-order valence-corrected chi connectivity index (χ1v) is 15.1. The van der Waals surface area contributed by atoms with E-state index in [1.165, 1.54) is 12.1 Å². The van der Waals surface area contributed by atoms with Crippen LogP contribution in [-0.4, -0.2) is 35.0 Å². The summed E-state index contributed by atoms with van der Waals surface area (Å²) in [5.41, 5.74) is 2.56. The molecule has 0 radical (unpaired) electrons. The van der Waals surface area contributed by atoms with Crippen LogP contribution in [0, 0.1) is 0 Å². The number of ether oxygens (including phenoxy) is 2. The monoisotopic (exact) mass is 580 g/mol. The average molecular weight is 581 g/mol. The van der Waals surface area contributed by atoms with E-state index >= 15 is 0 Å². The molecule has 43 heavy (non-hydrogen) atoms. The van der Waals surface area contributed by atoms with Crippen molar-refractivity contribution in [2.24, 2.45) is 0 Å². The smallest absolute Gasteiger partial charge is 0.196 e. The summed E-state index contributed by atoms with van der Waals surface area (Å²) in [6.45, 7) is 5.14. The first-order chi connectivity index (χ1) is 20.9. The summed E-state index contributed by atoms with van der Waals surface area (Å²) in [5, 5.41) is 21.8. The lowest BCUT2D eigenvalue weighted by Crippen LogP contribution is -2.08. The van der Waals surface area contributed by atoms with E-state index in [1.54, 1.807) is 60.7 Å². The van der Waals surface area contributed by atoms with E-state index < -0.39 is 0 Å². The Morgan fingerprint density at radius 3 is 1.35 bits per heavy atom. The standard InChI is InChI=1S/C37H40O6/c1-3-5-13-19-42-34-24-32(38)30(36(40)26-15-9-7-10-16-26)22-28(34)21-29-23-31(37(41)27-17-11-8-12-18-27)33(39)25-35(29)43-20-14-6-4-2/h7-12,15-18,22-25,38-39H,3-6,13-14,19-21H2,1-2H3. The summed E-state index contributed by atoms with van der Waals surface area (Å²) in [6, 6.07) is 23.9. The zero-order valence-electron chi connectivity index (χ0n) is 25.0. The number of aromatic hydroxyl groups is 2. The minimum atomic E-state index is -0.307. The lowest BCUT2D eigenvalue weighted by Gasteiger charge is -2.18. The van der Waals surface area contributed by atoms with Crippen LogP contribution in [0.2, 0.25) is 0 Å². The van der Waals surface area contributed by atoms with Gasteiger partial charge in [-0.05, 0) is 36.1 Å². The molecule has 6 nitrogen and oxygen atoms in total. The van der Waals surface area contributed by atoms with Crippen LogP contribution in [0.5, 0.6) is 23.0 Å². The average Bonchev–Trinajstić information content (AvgIpc) is 3.03. The Hall–Kier alpha value is -4.58. The van der Waals surface area contributed by atoms with Crippen molar-refractivity contribution in [2.75, 3.05) is 13.2 Å². The van der Waals surface area contributed by atoms with Gasteiger partial charge in [0.25, 0.3) is 0 Å². The fourth-order valence-corrected chi connectivity index (χ4v) is 4.90. The van der Waals surface area contributed by atoms with Crippen LogP contribution in [0.3, 0.4) is 0 Å². The van der Waals surface area contributed by atoms with Gasteiger partial charge in [0.1, 0.15) is 23.0 Å². The third-order valence-corrected chi connectivity index (χ3v) is 7.31. The van der Waals surface area contributed by atoms with Crippen LogP contribution < -0.4 is 9.47 Å². The van der Waals surface area contributed by atoms with Crippen molar-refractivity contribution in [1.29, 1.82) is 0 Å². The van der Waals surface area contributed by atoms with Gasteiger partial charge >= 0.3 is 0 Å². The molecule has 0 saturated carbocycles. The molecule has 4 aromatic rings. The van der Waals surface area contributed by atoms with Gasteiger partial charge in [-0.3, -0.25) is 9.59 Å². The highest BCUT2D eigenvalue weighted by molar-refractivity contribution is 6.11. The molecule has 0 aromatic heterocycles. The molecule has 4 rings (SSSR count). The van der Waals surface area contributed by atoms with Gasteiger partial charge in [0, 0.05) is 29.7 Å². The highest BCUT2D eigenvalue weighted by Gasteiger charge is 2.22. The van der Waals surface area contributed by atoms with Gasteiger partial charge < -0.3 is 19.7 Å². The van der Waals surface area contributed by atoms with E-state index in [4.69, 9.17) is 9.47 Å². The number of phenolic OH excluding ortho intramolecular Hbond substituents is 2. The third kappa shape index (κ3) is 8.25. The molecule has 0 unspecified atom stereocenters. The Morgan fingerprint density at radius 1 is 0.581 bits per heavy atom. The second kappa shape index (κ2) is 15.6. The minimum Gasteiger partial charge on any atom is -0.507 e. The molecule has 6 heteroatoms. The molecule has 224 valence electrons. The lowest BCUT2D eigenvalue weighted by molar-refractivity contribution is 0.102. The Balaban J connectivity index is 1.78. The molecule has 0 aliphatic rings. The fourth-order valence-electron chi connectivity index (χ4n) is 4.90. The highest BCUT2D eigenvalue weighted by atomic mass is 16.5. The summed E-state index contributed by atoms with van der Waals surface area (Å²) in [5.74, 6) is -0.0231. The number of hydrogen-bond acceptors (Lipinski definition) is 6. The van der Waals surface area contributed by atoms with Crippen molar-refractivity contribution in [3.8, 4) is 23.0 Å². The summed E-state index contributed by atoms with van der Waals surface area (Å²) in [4.78, 5) is 26.8. The van der Waals surface area contributed by atoms with Crippen LogP contribution in [0.1, 0.15) is 95.3 Å².